The van der Waals surface area contributed by atoms with Gasteiger partial charge in [-0.3, -0.25) is 9.69 Å². The van der Waals surface area contributed by atoms with Crippen molar-refractivity contribution in [3.8, 4) is 0 Å². The molecule has 6 nitrogen and oxygen atoms in total. The van der Waals surface area contributed by atoms with E-state index < -0.39 is 10.0 Å². The zero-order valence-corrected chi connectivity index (χ0v) is 16.7. The van der Waals surface area contributed by atoms with Gasteiger partial charge in [0.2, 0.25) is 5.91 Å². The normalized spacial score (nSPS) is 22.4. The highest BCUT2D eigenvalue weighted by Gasteiger charge is 2.38. The molecule has 0 spiro atoms. The molecule has 2 aliphatic heterocycles. The van der Waals surface area contributed by atoms with Gasteiger partial charge in [0.1, 0.15) is 4.21 Å². The topological polar surface area (TPSA) is 60.9 Å². The van der Waals surface area contributed by atoms with Crippen LogP contribution in [0.4, 0.5) is 0 Å². The Balaban J connectivity index is 1.46. The number of nitrogens with zero attached hydrogens (tertiary/aromatic N) is 3. The molecule has 27 heavy (non-hydrogen) atoms. The summed E-state index contributed by atoms with van der Waals surface area (Å²) in [5, 5.41) is 1.78. The van der Waals surface area contributed by atoms with Crippen LogP contribution in [0.3, 0.4) is 0 Å². The maximum atomic E-state index is 13.0. The third kappa shape index (κ3) is 3.80. The van der Waals surface area contributed by atoms with Crippen LogP contribution in [0.15, 0.2) is 52.1 Å². The number of hydrogen-bond acceptors (Lipinski definition) is 5. The Morgan fingerprint density at radius 2 is 1.74 bits per heavy atom. The van der Waals surface area contributed by atoms with Crippen LogP contribution in [0, 0.1) is 0 Å². The summed E-state index contributed by atoms with van der Waals surface area (Å²) in [5.41, 5.74) is 1.12. The molecule has 1 aromatic heterocycles. The standard InChI is InChI=1S/C19H23N3O3S2/c23-19-17-8-9-22(27(24,25)18-7-4-14-26-18)13-12-20(17)10-11-21(19)15-16-5-2-1-3-6-16/h1-7,14,17H,8-13,15H2. The van der Waals surface area contributed by atoms with Crippen molar-refractivity contribution in [3.63, 3.8) is 0 Å². The molecule has 3 heterocycles. The molecule has 0 saturated carbocycles. The molecule has 0 aliphatic carbocycles. The number of sulfonamides is 1. The lowest BCUT2D eigenvalue weighted by atomic mass is 10.1. The third-order valence-electron chi connectivity index (χ3n) is 5.29. The molecular weight excluding hydrogens is 382 g/mol. The number of amides is 1. The van der Waals surface area contributed by atoms with Gasteiger partial charge in [-0.25, -0.2) is 8.42 Å². The number of benzene rings is 1. The number of carbonyl (C=O) groups is 1. The Morgan fingerprint density at radius 3 is 2.48 bits per heavy atom. The van der Waals surface area contributed by atoms with E-state index in [1.54, 1.807) is 17.5 Å². The maximum Gasteiger partial charge on any atom is 0.252 e. The minimum Gasteiger partial charge on any atom is -0.336 e. The van der Waals surface area contributed by atoms with Gasteiger partial charge in [0.05, 0.1) is 6.04 Å². The van der Waals surface area contributed by atoms with E-state index in [0.717, 1.165) is 12.1 Å². The molecule has 144 valence electrons. The van der Waals surface area contributed by atoms with Crippen LogP contribution in [0.5, 0.6) is 0 Å². The minimum absolute atomic E-state index is 0.112. The van der Waals surface area contributed by atoms with Crippen molar-refractivity contribution in [1.29, 1.82) is 0 Å². The van der Waals surface area contributed by atoms with E-state index in [1.807, 2.05) is 35.2 Å². The van der Waals surface area contributed by atoms with E-state index in [-0.39, 0.29) is 11.9 Å². The van der Waals surface area contributed by atoms with Gasteiger partial charge in [-0.05, 0) is 23.4 Å². The van der Waals surface area contributed by atoms with E-state index in [2.05, 4.69) is 4.90 Å². The fraction of sp³-hybridized carbons (Fsp3) is 0.421. The average Bonchev–Trinajstić information content (AvgIpc) is 3.13. The maximum absolute atomic E-state index is 13.0. The molecule has 2 fully saturated rings. The fourth-order valence-electron chi connectivity index (χ4n) is 3.81. The van der Waals surface area contributed by atoms with Gasteiger partial charge in [-0.15, -0.1) is 11.3 Å². The molecular formula is C19H23N3O3S2. The van der Waals surface area contributed by atoms with Crippen LogP contribution in [-0.2, 0) is 21.4 Å². The lowest BCUT2D eigenvalue weighted by molar-refractivity contribution is -0.142. The number of hydrogen-bond donors (Lipinski definition) is 0. The molecule has 0 N–H and O–H groups in total. The first kappa shape index (κ1) is 18.6. The average molecular weight is 406 g/mol. The van der Waals surface area contributed by atoms with E-state index >= 15 is 0 Å². The summed E-state index contributed by atoms with van der Waals surface area (Å²) in [4.78, 5) is 17.1. The number of piperazine rings is 1. The molecule has 0 bridgehead atoms. The fourth-order valence-corrected chi connectivity index (χ4v) is 6.40. The van der Waals surface area contributed by atoms with Crippen LogP contribution < -0.4 is 0 Å². The molecule has 1 amide bonds. The second-order valence-electron chi connectivity index (χ2n) is 6.92. The second kappa shape index (κ2) is 7.71. The first-order valence-corrected chi connectivity index (χ1v) is 11.5. The van der Waals surface area contributed by atoms with Crippen LogP contribution in [0.25, 0.3) is 0 Å². The second-order valence-corrected chi connectivity index (χ2v) is 10.0. The van der Waals surface area contributed by atoms with Gasteiger partial charge in [0.15, 0.2) is 0 Å². The predicted molar refractivity (Wildman–Crippen MR) is 105 cm³/mol. The zero-order valence-electron chi connectivity index (χ0n) is 15.0. The van der Waals surface area contributed by atoms with Gasteiger partial charge in [0, 0.05) is 39.3 Å². The van der Waals surface area contributed by atoms with Gasteiger partial charge < -0.3 is 4.90 Å². The summed E-state index contributed by atoms with van der Waals surface area (Å²) in [6.07, 6.45) is 0.536. The van der Waals surface area contributed by atoms with Crippen LogP contribution in [-0.4, -0.2) is 67.2 Å². The Hall–Kier alpha value is -1.74. The number of fused-ring (bicyclic) bond motifs is 1. The van der Waals surface area contributed by atoms with Gasteiger partial charge in [-0.2, -0.15) is 4.31 Å². The zero-order chi connectivity index (χ0) is 18.9. The molecule has 1 atom stereocenters. The predicted octanol–water partition coefficient (Wildman–Crippen LogP) is 1.86. The Kier molecular flexibility index (Phi) is 5.32. The largest absolute Gasteiger partial charge is 0.336 e. The summed E-state index contributed by atoms with van der Waals surface area (Å²) < 4.78 is 27.5. The van der Waals surface area contributed by atoms with Gasteiger partial charge >= 0.3 is 0 Å². The summed E-state index contributed by atoms with van der Waals surface area (Å²) in [6.45, 7) is 3.49. The monoisotopic (exact) mass is 405 g/mol. The van der Waals surface area contributed by atoms with Crippen LogP contribution >= 0.6 is 11.3 Å². The van der Waals surface area contributed by atoms with Gasteiger partial charge in [0.25, 0.3) is 10.0 Å². The van der Waals surface area contributed by atoms with E-state index in [9.17, 15) is 13.2 Å². The lowest BCUT2D eigenvalue weighted by Crippen LogP contribution is -2.56. The summed E-state index contributed by atoms with van der Waals surface area (Å²) >= 11 is 1.24. The molecule has 1 aromatic carbocycles. The Bertz CT molecular complexity index is 884. The van der Waals surface area contributed by atoms with E-state index in [4.69, 9.17) is 0 Å². The summed E-state index contributed by atoms with van der Waals surface area (Å²) in [7, 11) is -3.46. The van der Waals surface area contributed by atoms with Crippen LogP contribution in [0.2, 0.25) is 0 Å². The molecule has 0 radical (unpaired) electrons. The Morgan fingerprint density at radius 1 is 0.963 bits per heavy atom. The van der Waals surface area contributed by atoms with Crippen LogP contribution in [0.1, 0.15) is 12.0 Å². The van der Waals surface area contributed by atoms with E-state index in [1.165, 1.54) is 15.6 Å². The summed E-state index contributed by atoms with van der Waals surface area (Å²) in [6, 6.07) is 13.2. The SMILES string of the molecule is O=C1C2CCN(S(=O)(=O)c3cccs3)CCN2CCN1Cc1ccccc1. The first-order chi connectivity index (χ1) is 13.1. The molecule has 4 rings (SSSR count). The number of thiophene rings is 1. The van der Waals surface area contributed by atoms with Crippen molar-refractivity contribution in [1.82, 2.24) is 14.1 Å². The lowest BCUT2D eigenvalue weighted by Gasteiger charge is -2.39. The highest BCUT2D eigenvalue weighted by molar-refractivity contribution is 7.91. The van der Waals surface area contributed by atoms with Crippen molar-refractivity contribution in [2.75, 3.05) is 32.7 Å². The number of carbonyl (C=O) groups excluding carboxylic acids is 1. The smallest absolute Gasteiger partial charge is 0.252 e. The highest BCUT2D eigenvalue weighted by Crippen LogP contribution is 2.25. The third-order valence-corrected chi connectivity index (χ3v) is 8.56. The Labute approximate surface area is 164 Å². The van der Waals surface area contributed by atoms with Crippen molar-refractivity contribution >= 4 is 27.3 Å². The van der Waals surface area contributed by atoms with Crippen molar-refractivity contribution in [2.24, 2.45) is 0 Å². The van der Waals surface area contributed by atoms with Crippen molar-refractivity contribution in [3.05, 3.63) is 53.4 Å². The highest BCUT2D eigenvalue weighted by atomic mass is 32.2. The quantitative estimate of drug-likeness (QED) is 0.779. The van der Waals surface area contributed by atoms with Crippen molar-refractivity contribution < 1.29 is 13.2 Å². The first-order valence-electron chi connectivity index (χ1n) is 9.16. The molecule has 2 saturated heterocycles. The van der Waals surface area contributed by atoms with E-state index in [0.29, 0.717) is 43.4 Å². The van der Waals surface area contributed by atoms with Gasteiger partial charge in [-0.1, -0.05) is 36.4 Å². The molecule has 2 aliphatic rings. The van der Waals surface area contributed by atoms with Crippen molar-refractivity contribution in [2.45, 2.75) is 23.2 Å². The molecule has 8 heteroatoms. The minimum atomic E-state index is -3.46. The number of rotatable bonds is 4. The molecule has 2 aromatic rings. The molecule has 1 unspecified atom stereocenters. The summed E-state index contributed by atoms with van der Waals surface area (Å²) in [5.74, 6) is 0.112.